The maximum Gasteiger partial charge on any atom is 0.0494 e. The van der Waals surface area contributed by atoms with E-state index in [4.69, 9.17) is 0 Å². The number of fused-ring (bicyclic) bond motifs is 9. The van der Waals surface area contributed by atoms with Gasteiger partial charge in [0.05, 0.1) is 0 Å². The summed E-state index contributed by atoms with van der Waals surface area (Å²) in [5, 5.41) is 7.87. The SMILES string of the molecule is CC1C=Cc2c(c3c(n2-c2ccc4ccccc4c2)CCC(N(c2ccccc2)c2ccc4c(c2)-c2cccc5cc6ccccc6c-4c25)=C3)C1. The Morgan fingerprint density at radius 1 is 0.608 bits per heavy atom. The first-order valence-corrected chi connectivity index (χ1v) is 18.3. The Bertz CT molecular complexity index is 2790. The monoisotopic (exact) mass is 652 g/mol. The van der Waals surface area contributed by atoms with Gasteiger partial charge in [0, 0.05) is 39.7 Å². The third kappa shape index (κ3) is 4.29. The first-order valence-electron chi connectivity index (χ1n) is 18.3. The summed E-state index contributed by atoms with van der Waals surface area (Å²) in [5.41, 5.74) is 16.0. The van der Waals surface area contributed by atoms with E-state index in [2.05, 4.69) is 174 Å². The number of hydrogen-bond acceptors (Lipinski definition) is 1. The van der Waals surface area contributed by atoms with Crippen LogP contribution in [-0.4, -0.2) is 4.57 Å². The molecule has 0 fully saturated rings. The highest BCUT2D eigenvalue weighted by Crippen LogP contribution is 2.52. The third-order valence-electron chi connectivity index (χ3n) is 11.5. The van der Waals surface area contributed by atoms with Crippen molar-refractivity contribution in [1.29, 1.82) is 0 Å². The second kappa shape index (κ2) is 10.9. The molecule has 51 heavy (non-hydrogen) atoms. The maximum absolute atomic E-state index is 2.55. The van der Waals surface area contributed by atoms with Crippen LogP contribution in [0.25, 0.3) is 72.4 Å². The molecule has 0 amide bonds. The minimum absolute atomic E-state index is 0.509. The minimum atomic E-state index is 0.509. The summed E-state index contributed by atoms with van der Waals surface area (Å²) >= 11 is 0. The standard InChI is InChI=1S/C49H36N2/c1-31-18-24-46-44(26-31)45-30-39(22-25-47(45)51(46)37-20-19-32-10-5-6-11-33(32)28-37)50(36-14-3-2-4-15-36)38-21-23-42-43(29-38)41-17-9-13-35-27-34-12-7-8-16-40(34)49(42)48(35)41/h2-21,23-24,27-31H,22,25-26H2,1H3. The molecule has 7 aromatic carbocycles. The van der Waals surface area contributed by atoms with Gasteiger partial charge in [0.2, 0.25) is 0 Å². The topological polar surface area (TPSA) is 8.17 Å². The molecule has 1 aromatic heterocycles. The maximum atomic E-state index is 2.55. The predicted octanol–water partition coefficient (Wildman–Crippen LogP) is 12.9. The van der Waals surface area contributed by atoms with Gasteiger partial charge in [-0.15, -0.1) is 0 Å². The van der Waals surface area contributed by atoms with Gasteiger partial charge in [-0.05, 0) is 140 Å². The smallest absolute Gasteiger partial charge is 0.0494 e. The molecule has 3 aliphatic rings. The summed E-state index contributed by atoms with van der Waals surface area (Å²) in [6, 6.07) is 51.8. The average Bonchev–Trinajstić information content (AvgIpc) is 3.68. The molecule has 1 unspecified atom stereocenters. The molecule has 8 aromatic rings. The number of anilines is 2. The Morgan fingerprint density at radius 2 is 1.41 bits per heavy atom. The van der Waals surface area contributed by atoms with Crippen molar-refractivity contribution in [2.75, 3.05) is 4.90 Å². The van der Waals surface area contributed by atoms with Gasteiger partial charge in [0.15, 0.2) is 0 Å². The van der Waals surface area contributed by atoms with Crippen LogP contribution in [0, 0.1) is 5.92 Å². The van der Waals surface area contributed by atoms with Crippen LogP contribution in [0.3, 0.4) is 0 Å². The molecule has 0 N–H and O–H groups in total. The lowest BCUT2D eigenvalue weighted by Crippen LogP contribution is -2.20. The Labute approximate surface area is 298 Å². The van der Waals surface area contributed by atoms with Crippen molar-refractivity contribution < 1.29 is 0 Å². The number of para-hydroxylation sites is 1. The highest BCUT2D eigenvalue weighted by Gasteiger charge is 2.30. The summed E-state index contributed by atoms with van der Waals surface area (Å²) in [6.07, 6.45) is 10.3. The van der Waals surface area contributed by atoms with Crippen LogP contribution in [0.2, 0.25) is 0 Å². The number of rotatable bonds is 4. The van der Waals surface area contributed by atoms with Crippen LogP contribution < -0.4 is 4.90 Å². The highest BCUT2D eigenvalue weighted by atomic mass is 15.2. The molecule has 2 heteroatoms. The Balaban J connectivity index is 1.09. The van der Waals surface area contributed by atoms with Crippen molar-refractivity contribution in [1.82, 2.24) is 4.57 Å². The van der Waals surface area contributed by atoms with Crippen LogP contribution >= 0.6 is 0 Å². The van der Waals surface area contributed by atoms with Crippen LogP contribution in [0.5, 0.6) is 0 Å². The van der Waals surface area contributed by atoms with Crippen LogP contribution in [0.15, 0.2) is 151 Å². The number of allylic oxidation sites excluding steroid dienone is 2. The highest BCUT2D eigenvalue weighted by molar-refractivity contribution is 6.24. The van der Waals surface area contributed by atoms with Gasteiger partial charge in [-0.2, -0.15) is 0 Å². The second-order valence-corrected chi connectivity index (χ2v) is 14.5. The predicted molar refractivity (Wildman–Crippen MR) is 216 cm³/mol. The molecule has 0 saturated heterocycles. The zero-order valence-corrected chi connectivity index (χ0v) is 28.6. The molecule has 0 spiro atoms. The first kappa shape index (κ1) is 28.7. The Hall–Kier alpha value is -6.12. The number of benzene rings is 7. The second-order valence-electron chi connectivity index (χ2n) is 14.5. The fraction of sp³-hybridized carbons (Fsp3) is 0.102. The quantitative estimate of drug-likeness (QED) is 0.172. The van der Waals surface area contributed by atoms with E-state index in [1.165, 1.54) is 99.8 Å². The van der Waals surface area contributed by atoms with Crippen molar-refractivity contribution >= 4 is 55.8 Å². The fourth-order valence-electron chi connectivity index (χ4n) is 9.23. The van der Waals surface area contributed by atoms with E-state index >= 15 is 0 Å². The molecule has 242 valence electrons. The van der Waals surface area contributed by atoms with Crippen molar-refractivity contribution in [3.8, 4) is 27.9 Å². The average molecular weight is 653 g/mol. The molecule has 0 bridgehead atoms. The molecule has 2 nitrogen and oxygen atoms in total. The van der Waals surface area contributed by atoms with E-state index in [0.717, 1.165) is 19.3 Å². The summed E-state index contributed by atoms with van der Waals surface area (Å²) < 4.78 is 2.55. The van der Waals surface area contributed by atoms with Crippen LogP contribution in [0.4, 0.5) is 11.4 Å². The molecule has 0 radical (unpaired) electrons. The summed E-state index contributed by atoms with van der Waals surface area (Å²) in [7, 11) is 0. The fourth-order valence-corrected chi connectivity index (χ4v) is 9.23. The van der Waals surface area contributed by atoms with Gasteiger partial charge in [-0.1, -0.05) is 110 Å². The van der Waals surface area contributed by atoms with Crippen molar-refractivity contribution in [3.63, 3.8) is 0 Å². The van der Waals surface area contributed by atoms with Crippen molar-refractivity contribution in [2.24, 2.45) is 5.92 Å². The van der Waals surface area contributed by atoms with Gasteiger partial charge in [-0.3, -0.25) is 0 Å². The van der Waals surface area contributed by atoms with E-state index in [1.54, 1.807) is 0 Å². The van der Waals surface area contributed by atoms with E-state index in [1.807, 2.05) is 0 Å². The van der Waals surface area contributed by atoms with Gasteiger partial charge >= 0.3 is 0 Å². The van der Waals surface area contributed by atoms with Gasteiger partial charge < -0.3 is 9.47 Å². The summed E-state index contributed by atoms with van der Waals surface area (Å²) in [4.78, 5) is 2.52. The molecule has 11 rings (SSSR count). The van der Waals surface area contributed by atoms with Gasteiger partial charge in [0.25, 0.3) is 0 Å². The first-order chi connectivity index (χ1) is 25.2. The summed E-state index contributed by atoms with van der Waals surface area (Å²) in [6.45, 7) is 2.34. The van der Waals surface area contributed by atoms with Gasteiger partial charge in [0.1, 0.15) is 0 Å². The largest absolute Gasteiger partial charge is 0.314 e. The van der Waals surface area contributed by atoms with Crippen LogP contribution in [-0.2, 0) is 12.8 Å². The third-order valence-corrected chi connectivity index (χ3v) is 11.5. The lowest BCUT2D eigenvalue weighted by atomic mass is 9.89. The van der Waals surface area contributed by atoms with E-state index in [9.17, 15) is 0 Å². The lowest BCUT2D eigenvalue weighted by molar-refractivity contribution is 0.714. The molecule has 1 atom stereocenters. The minimum Gasteiger partial charge on any atom is -0.314 e. The van der Waals surface area contributed by atoms with E-state index in [-0.39, 0.29) is 0 Å². The Morgan fingerprint density at radius 3 is 2.31 bits per heavy atom. The molecular formula is C49H36N2. The molecule has 1 heterocycles. The van der Waals surface area contributed by atoms with E-state index in [0.29, 0.717) is 5.92 Å². The number of hydrogen-bond donors (Lipinski definition) is 0. The normalized spacial score (nSPS) is 15.5. The van der Waals surface area contributed by atoms with E-state index < -0.39 is 0 Å². The Kier molecular flexibility index (Phi) is 6.15. The lowest BCUT2D eigenvalue weighted by Gasteiger charge is -2.31. The van der Waals surface area contributed by atoms with Gasteiger partial charge in [-0.25, -0.2) is 0 Å². The number of nitrogens with zero attached hydrogens (tertiary/aromatic N) is 2. The number of aromatic nitrogens is 1. The molecule has 3 aliphatic carbocycles. The zero-order valence-electron chi connectivity index (χ0n) is 28.6. The van der Waals surface area contributed by atoms with Crippen molar-refractivity contribution in [3.05, 3.63) is 174 Å². The van der Waals surface area contributed by atoms with Crippen molar-refractivity contribution in [2.45, 2.75) is 26.2 Å². The molecule has 0 saturated carbocycles. The zero-order chi connectivity index (χ0) is 33.6. The summed E-state index contributed by atoms with van der Waals surface area (Å²) in [5.74, 6) is 0.509. The molecule has 0 aliphatic heterocycles. The van der Waals surface area contributed by atoms with Crippen LogP contribution in [0.1, 0.15) is 35.9 Å². The molecular weight excluding hydrogens is 617 g/mol.